The summed E-state index contributed by atoms with van der Waals surface area (Å²) in [5, 5.41) is 0. The van der Waals surface area contributed by atoms with Gasteiger partial charge < -0.3 is 33.2 Å². The predicted octanol–water partition coefficient (Wildman–Crippen LogP) is 4.65. The molecule has 0 aromatic heterocycles. The van der Waals surface area contributed by atoms with Gasteiger partial charge in [0.15, 0.2) is 11.5 Å². The van der Waals surface area contributed by atoms with Crippen molar-refractivity contribution in [3.63, 3.8) is 0 Å². The van der Waals surface area contributed by atoms with E-state index in [1.54, 1.807) is 55.1 Å². The third-order valence-corrected chi connectivity index (χ3v) is 12.8. The van der Waals surface area contributed by atoms with E-state index >= 15 is 0 Å². The Morgan fingerprint density at radius 3 is 1.92 bits per heavy atom. The number of rotatable bonds is 6. The highest BCUT2D eigenvalue weighted by atomic mass is 32.2. The number of hydrogen-bond donors (Lipinski definition) is 0. The Kier molecular flexibility index (Phi) is 8.92. The molecule has 4 aliphatic heterocycles. The van der Waals surface area contributed by atoms with Crippen LogP contribution in [0.1, 0.15) is 29.8 Å². The summed E-state index contributed by atoms with van der Waals surface area (Å²) < 4.78 is 35.4. The van der Waals surface area contributed by atoms with Crippen molar-refractivity contribution in [2.75, 3.05) is 47.2 Å². The second kappa shape index (κ2) is 12.7. The molecule has 0 saturated carbocycles. The second-order valence-corrected chi connectivity index (χ2v) is 14.8. The molecular weight excluding hydrogens is 699 g/mol. The minimum atomic E-state index is -1.73. The summed E-state index contributed by atoms with van der Waals surface area (Å²) in [4.78, 5) is 70.1. The Hall–Kier alpha value is -4.54. The first-order chi connectivity index (χ1) is 23.4. The van der Waals surface area contributed by atoms with Crippen LogP contribution in [0.4, 0.5) is 5.69 Å². The number of hydrogen-bond acceptors (Lipinski definition) is 15. The Labute approximate surface area is 293 Å². The van der Waals surface area contributed by atoms with Crippen LogP contribution in [0.5, 0.6) is 17.2 Å². The number of fused-ring (bicyclic) bond motifs is 4. The van der Waals surface area contributed by atoms with E-state index in [9.17, 15) is 24.0 Å². The van der Waals surface area contributed by atoms with Gasteiger partial charge in [0.05, 0.1) is 52.3 Å². The fourth-order valence-electron chi connectivity index (χ4n) is 5.95. The van der Waals surface area contributed by atoms with Gasteiger partial charge in [-0.15, -0.1) is 0 Å². The van der Waals surface area contributed by atoms with E-state index in [4.69, 9.17) is 33.2 Å². The Bertz CT molecular complexity index is 1920. The van der Waals surface area contributed by atoms with E-state index in [-0.39, 0.29) is 27.1 Å². The molecule has 0 bridgehead atoms. The first kappa shape index (κ1) is 34.3. The zero-order valence-corrected chi connectivity index (χ0v) is 29.7. The van der Waals surface area contributed by atoms with Crippen LogP contribution in [0.25, 0.3) is 5.57 Å². The molecule has 13 nitrogen and oxygen atoms in total. The number of anilines is 1. The van der Waals surface area contributed by atoms with Gasteiger partial charge in [-0.1, -0.05) is 35.3 Å². The van der Waals surface area contributed by atoms with Crippen molar-refractivity contribution in [1.29, 1.82) is 0 Å². The minimum Gasteiger partial charge on any atom is -0.497 e. The van der Waals surface area contributed by atoms with Gasteiger partial charge in [-0.2, -0.15) is 0 Å². The summed E-state index contributed by atoms with van der Waals surface area (Å²) in [6.45, 7) is 3.61. The van der Waals surface area contributed by atoms with E-state index in [0.717, 1.165) is 63.7 Å². The zero-order chi connectivity index (χ0) is 35.4. The largest absolute Gasteiger partial charge is 0.497 e. The van der Waals surface area contributed by atoms with Crippen molar-refractivity contribution in [1.82, 2.24) is 0 Å². The molecule has 256 valence electrons. The number of nitrogens with zero attached hydrogens (tertiary/aromatic N) is 1. The van der Waals surface area contributed by atoms with Crippen LogP contribution in [0.15, 0.2) is 61.6 Å². The molecule has 49 heavy (non-hydrogen) atoms. The molecule has 4 aliphatic rings. The summed E-state index contributed by atoms with van der Waals surface area (Å²) in [6.07, 6.45) is 0. The van der Waals surface area contributed by atoms with E-state index in [1.807, 2.05) is 0 Å². The van der Waals surface area contributed by atoms with Crippen molar-refractivity contribution < 1.29 is 57.1 Å². The maximum absolute atomic E-state index is 14.6. The van der Waals surface area contributed by atoms with Crippen LogP contribution in [0.3, 0.4) is 0 Å². The molecule has 0 unspecified atom stereocenters. The summed E-state index contributed by atoms with van der Waals surface area (Å²) in [6, 6.07) is 9.96. The number of carbonyl (C=O) groups is 5. The molecule has 0 atom stereocenters. The lowest BCUT2D eigenvalue weighted by Crippen LogP contribution is -2.53. The third kappa shape index (κ3) is 5.23. The molecule has 0 aliphatic carbocycles. The number of benzene rings is 2. The molecule has 0 radical (unpaired) electrons. The Morgan fingerprint density at radius 1 is 0.735 bits per heavy atom. The first-order valence-electron chi connectivity index (χ1n) is 14.4. The lowest BCUT2D eigenvalue weighted by atomic mass is 9.83. The zero-order valence-electron chi connectivity index (χ0n) is 27.2. The second-order valence-electron chi connectivity index (χ2n) is 11.1. The summed E-state index contributed by atoms with van der Waals surface area (Å²) >= 11 is 2.62. The fraction of sp³-hybridized carbons (Fsp3) is 0.303. The smallest absolute Gasteiger partial charge is 0.345 e. The van der Waals surface area contributed by atoms with E-state index in [2.05, 4.69) is 0 Å². The number of carbonyl (C=O) groups excluding carboxylic acids is 5. The summed E-state index contributed by atoms with van der Waals surface area (Å²) in [7, 11) is 6.10. The van der Waals surface area contributed by atoms with Crippen molar-refractivity contribution >= 4 is 76.3 Å². The number of methoxy groups -OCH3 is 5. The fourth-order valence-corrected chi connectivity index (χ4v) is 11.0. The van der Waals surface area contributed by atoms with Gasteiger partial charge in [0, 0.05) is 21.6 Å². The van der Waals surface area contributed by atoms with Crippen LogP contribution in [-0.2, 0) is 38.1 Å². The topological polar surface area (TPSA) is 153 Å². The molecular formula is C33H29NO12S3. The van der Waals surface area contributed by atoms with Gasteiger partial charge in [-0.25, -0.2) is 19.2 Å². The standard InChI is InChI=1S/C33H29NO12S3/c1-32(2)26-21(17-13-16(40-3)9-10-18(17)34(32)27(35)15-8-11-19-20(12-15)46-14-45-19)33(22(28(36)41-4)23(47-26)29(37)42-5)48-24(30(38)43-6)25(49-33)31(39)44-7/h8-13H,14H2,1-7H3. The van der Waals surface area contributed by atoms with Gasteiger partial charge in [-0.3, -0.25) is 9.69 Å². The van der Waals surface area contributed by atoms with Crippen LogP contribution in [0.2, 0.25) is 0 Å². The Balaban J connectivity index is 1.67. The van der Waals surface area contributed by atoms with Crippen LogP contribution in [-0.4, -0.2) is 81.7 Å². The summed E-state index contributed by atoms with van der Waals surface area (Å²) in [5.41, 5.74) is 0.158. The molecule has 4 heterocycles. The third-order valence-electron chi connectivity index (χ3n) is 8.17. The number of ether oxygens (including phenoxy) is 7. The van der Waals surface area contributed by atoms with E-state index < -0.39 is 39.4 Å². The van der Waals surface area contributed by atoms with Gasteiger partial charge in [0.25, 0.3) is 5.91 Å². The van der Waals surface area contributed by atoms with Crippen molar-refractivity contribution in [3.8, 4) is 17.2 Å². The molecule has 16 heteroatoms. The van der Waals surface area contributed by atoms with Crippen molar-refractivity contribution in [2.45, 2.75) is 23.5 Å². The van der Waals surface area contributed by atoms with Gasteiger partial charge in [0.2, 0.25) is 6.79 Å². The molecule has 0 N–H and O–H groups in total. The van der Waals surface area contributed by atoms with Gasteiger partial charge in [0.1, 0.15) is 24.5 Å². The SMILES string of the molecule is COC(=O)C1=C(C(=O)OC)SC2(S1)C(C(=O)OC)=C(C(=O)OC)SC1=C2c2cc(OC)ccc2N(C(=O)c2ccc3c(c2)OCO3)C1(C)C. The highest BCUT2D eigenvalue weighted by molar-refractivity contribution is 8.26. The molecule has 0 saturated heterocycles. The average Bonchev–Trinajstić information content (AvgIpc) is 3.75. The maximum Gasteiger partial charge on any atom is 0.345 e. The molecule has 0 fully saturated rings. The molecule has 2 aromatic rings. The minimum absolute atomic E-state index is 0.0233. The normalized spacial score (nSPS) is 18.1. The quantitative estimate of drug-likeness (QED) is 0.299. The maximum atomic E-state index is 14.6. The Morgan fingerprint density at radius 2 is 1.33 bits per heavy atom. The van der Waals surface area contributed by atoms with Crippen LogP contribution in [0, 0.1) is 0 Å². The molecule has 1 spiro atoms. The predicted molar refractivity (Wildman–Crippen MR) is 181 cm³/mol. The number of thioether (sulfide) groups is 3. The monoisotopic (exact) mass is 727 g/mol. The van der Waals surface area contributed by atoms with Crippen molar-refractivity contribution in [2.24, 2.45) is 0 Å². The average molecular weight is 728 g/mol. The molecule has 1 amide bonds. The van der Waals surface area contributed by atoms with Crippen LogP contribution >= 0.6 is 35.3 Å². The van der Waals surface area contributed by atoms with Crippen LogP contribution < -0.4 is 19.1 Å². The summed E-state index contributed by atoms with van der Waals surface area (Å²) in [5.74, 6) is -2.59. The lowest BCUT2D eigenvalue weighted by Gasteiger charge is -2.50. The highest BCUT2D eigenvalue weighted by Crippen LogP contribution is 2.71. The van der Waals surface area contributed by atoms with E-state index in [1.165, 1.54) is 7.11 Å². The molecule has 2 aromatic carbocycles. The highest BCUT2D eigenvalue weighted by Gasteiger charge is 2.62. The number of esters is 4. The lowest BCUT2D eigenvalue weighted by molar-refractivity contribution is -0.138. The van der Waals surface area contributed by atoms with Gasteiger partial charge >= 0.3 is 23.9 Å². The van der Waals surface area contributed by atoms with Crippen molar-refractivity contribution in [3.05, 3.63) is 72.7 Å². The van der Waals surface area contributed by atoms with Gasteiger partial charge in [-0.05, 0) is 50.2 Å². The number of amides is 1. The van der Waals surface area contributed by atoms with E-state index in [0.29, 0.717) is 44.5 Å². The first-order valence-corrected chi connectivity index (χ1v) is 16.9. The molecule has 6 rings (SSSR count).